The van der Waals surface area contributed by atoms with Gasteiger partial charge in [-0.2, -0.15) is 10.2 Å². The summed E-state index contributed by atoms with van der Waals surface area (Å²) in [6, 6.07) is 1.74. The summed E-state index contributed by atoms with van der Waals surface area (Å²) >= 11 is 0. The fraction of sp³-hybridized carbons (Fsp3) is 0.435. The highest BCUT2D eigenvalue weighted by Crippen LogP contribution is 2.45. The van der Waals surface area contributed by atoms with Gasteiger partial charge in [-0.3, -0.25) is 14.2 Å². The molecule has 168 valence electrons. The van der Waals surface area contributed by atoms with Crippen molar-refractivity contribution in [3.8, 4) is 11.3 Å². The van der Waals surface area contributed by atoms with Gasteiger partial charge in [-0.15, -0.1) is 0 Å². The van der Waals surface area contributed by atoms with Crippen molar-refractivity contribution in [3.63, 3.8) is 0 Å². The van der Waals surface area contributed by atoms with Crippen LogP contribution in [0.3, 0.4) is 0 Å². The molecule has 5 rings (SSSR count). The highest BCUT2D eigenvalue weighted by atomic mass is 19.2. The van der Waals surface area contributed by atoms with E-state index in [0.29, 0.717) is 23.4 Å². The summed E-state index contributed by atoms with van der Waals surface area (Å²) in [5.41, 5.74) is 4.55. The van der Waals surface area contributed by atoms with E-state index in [1.807, 2.05) is 25.8 Å². The number of carbonyl (C=O) groups is 1. The Morgan fingerprint density at radius 1 is 1.03 bits per heavy atom. The molecule has 0 spiro atoms. The molecule has 1 fully saturated rings. The number of rotatable bonds is 2. The third-order valence-corrected chi connectivity index (χ3v) is 6.89. The van der Waals surface area contributed by atoms with Crippen molar-refractivity contribution in [3.05, 3.63) is 57.8 Å². The Hall–Kier alpha value is -3.10. The van der Waals surface area contributed by atoms with Gasteiger partial charge in [-0.25, -0.2) is 13.2 Å². The summed E-state index contributed by atoms with van der Waals surface area (Å²) in [5, 5.41) is 9.06. The van der Waals surface area contributed by atoms with Gasteiger partial charge in [0.2, 0.25) is 0 Å². The van der Waals surface area contributed by atoms with Crippen LogP contribution in [0.25, 0.3) is 11.3 Å². The van der Waals surface area contributed by atoms with Crippen LogP contribution in [0.4, 0.5) is 13.2 Å². The van der Waals surface area contributed by atoms with Crippen molar-refractivity contribution in [2.75, 3.05) is 0 Å². The molecule has 0 radical (unpaired) electrons. The predicted molar refractivity (Wildman–Crippen MR) is 111 cm³/mol. The zero-order valence-corrected chi connectivity index (χ0v) is 18.4. The molecule has 2 atom stereocenters. The molecular weight excluding hydrogens is 419 g/mol. The van der Waals surface area contributed by atoms with E-state index in [4.69, 9.17) is 0 Å². The maximum absolute atomic E-state index is 14.0. The molecule has 2 bridgehead atoms. The quantitative estimate of drug-likeness (QED) is 0.560. The molecule has 4 heterocycles. The maximum atomic E-state index is 14.0. The Kier molecular flexibility index (Phi) is 4.69. The molecule has 1 amide bonds. The van der Waals surface area contributed by atoms with Crippen molar-refractivity contribution in [2.45, 2.75) is 51.6 Å². The lowest BCUT2D eigenvalue weighted by atomic mass is 9.81. The van der Waals surface area contributed by atoms with Gasteiger partial charge >= 0.3 is 0 Å². The van der Waals surface area contributed by atoms with Crippen LogP contribution >= 0.6 is 0 Å². The maximum Gasteiger partial charge on any atom is 0.258 e. The molecule has 0 unspecified atom stereocenters. The van der Waals surface area contributed by atoms with Gasteiger partial charge in [0.05, 0.1) is 28.7 Å². The lowest BCUT2D eigenvalue weighted by molar-refractivity contribution is 0.0390. The number of amides is 1. The first-order chi connectivity index (χ1) is 15.2. The summed E-state index contributed by atoms with van der Waals surface area (Å²) < 4.78 is 44.7. The number of aromatic nitrogens is 4. The van der Waals surface area contributed by atoms with Crippen molar-refractivity contribution in [1.82, 2.24) is 24.5 Å². The Morgan fingerprint density at radius 2 is 1.72 bits per heavy atom. The van der Waals surface area contributed by atoms with Crippen LogP contribution in [0.1, 0.15) is 58.3 Å². The van der Waals surface area contributed by atoms with Gasteiger partial charge in [0, 0.05) is 37.0 Å². The van der Waals surface area contributed by atoms with Gasteiger partial charge in [-0.1, -0.05) is 0 Å². The minimum absolute atomic E-state index is 0.0501. The molecule has 0 N–H and O–H groups in total. The molecule has 2 aromatic heterocycles. The van der Waals surface area contributed by atoms with E-state index in [-0.39, 0.29) is 23.6 Å². The van der Waals surface area contributed by atoms with Gasteiger partial charge < -0.3 is 4.90 Å². The normalized spacial score (nSPS) is 19.9. The molecule has 1 aromatic carbocycles. The van der Waals surface area contributed by atoms with Crippen molar-refractivity contribution in [2.24, 2.45) is 14.1 Å². The smallest absolute Gasteiger partial charge is 0.258 e. The third-order valence-electron chi connectivity index (χ3n) is 6.89. The molecule has 0 saturated carbocycles. The van der Waals surface area contributed by atoms with Gasteiger partial charge in [0.15, 0.2) is 17.5 Å². The van der Waals surface area contributed by atoms with Crippen molar-refractivity contribution < 1.29 is 18.0 Å². The van der Waals surface area contributed by atoms with Crippen LogP contribution in [0.15, 0.2) is 12.1 Å². The minimum atomic E-state index is -1.49. The minimum Gasteiger partial charge on any atom is -0.327 e. The molecule has 32 heavy (non-hydrogen) atoms. The number of nitrogens with zero attached hydrogens (tertiary/aromatic N) is 5. The average molecular weight is 443 g/mol. The van der Waals surface area contributed by atoms with E-state index in [1.54, 1.807) is 16.4 Å². The first kappa shape index (κ1) is 20.8. The molecule has 0 aliphatic carbocycles. The fourth-order valence-corrected chi connectivity index (χ4v) is 5.41. The molecule has 3 aromatic rings. The second kappa shape index (κ2) is 7.21. The second-order valence-electron chi connectivity index (χ2n) is 8.78. The Labute approximate surface area is 183 Å². The zero-order chi connectivity index (χ0) is 22.9. The number of aryl methyl sites for hydroxylation is 3. The lowest BCUT2D eigenvalue weighted by Crippen LogP contribution is -2.50. The highest BCUT2D eigenvalue weighted by Gasteiger charge is 2.44. The van der Waals surface area contributed by atoms with E-state index >= 15 is 0 Å². The average Bonchev–Trinajstić information content (AvgIpc) is 3.19. The second-order valence-corrected chi connectivity index (χ2v) is 8.78. The van der Waals surface area contributed by atoms with Crippen LogP contribution in [0, 0.1) is 31.3 Å². The van der Waals surface area contributed by atoms with Crippen molar-refractivity contribution >= 4 is 5.91 Å². The molecule has 2 aliphatic rings. The number of hydrogen-bond donors (Lipinski definition) is 0. The van der Waals surface area contributed by atoms with E-state index in [2.05, 4.69) is 10.2 Å². The van der Waals surface area contributed by atoms with E-state index in [1.165, 1.54) is 0 Å². The number of carbonyl (C=O) groups excluding carboxylic acids is 1. The summed E-state index contributed by atoms with van der Waals surface area (Å²) in [6.07, 6.45) is 3.09. The standard InChI is InChI=1S/C23H24F3N5O/c1-11-19(12(2)29(3)27-11)23(32)31-14-6-5-7-18(31)21-15(10-14)22(30(4)28-21)13-8-16(24)20(26)17(25)9-13/h8-9,14,18H,5-7,10H2,1-4H3/t14-,18+/m1/s1. The topological polar surface area (TPSA) is 56.0 Å². The van der Waals surface area contributed by atoms with Crippen molar-refractivity contribution in [1.29, 1.82) is 0 Å². The largest absolute Gasteiger partial charge is 0.327 e. The van der Waals surface area contributed by atoms with E-state index < -0.39 is 17.5 Å². The third kappa shape index (κ3) is 2.90. The zero-order valence-electron chi connectivity index (χ0n) is 18.4. The van der Waals surface area contributed by atoms with Crippen LogP contribution in [0.2, 0.25) is 0 Å². The van der Waals surface area contributed by atoms with Gasteiger partial charge in [0.1, 0.15) is 0 Å². The summed E-state index contributed by atoms with van der Waals surface area (Å²) in [6.45, 7) is 3.72. The number of halogens is 3. The Morgan fingerprint density at radius 3 is 2.34 bits per heavy atom. The monoisotopic (exact) mass is 443 g/mol. The number of hydrogen-bond acceptors (Lipinski definition) is 3. The molecule has 9 heteroatoms. The predicted octanol–water partition coefficient (Wildman–Crippen LogP) is 4.15. The molecule has 6 nitrogen and oxygen atoms in total. The fourth-order valence-electron chi connectivity index (χ4n) is 5.41. The van der Waals surface area contributed by atoms with Crippen LogP contribution in [-0.2, 0) is 20.5 Å². The Bertz CT molecular complexity index is 1240. The van der Waals surface area contributed by atoms with Gasteiger partial charge in [0.25, 0.3) is 5.91 Å². The summed E-state index contributed by atoms with van der Waals surface area (Å²) in [5.74, 6) is -4.00. The van der Waals surface area contributed by atoms with Crippen LogP contribution in [0.5, 0.6) is 0 Å². The number of benzene rings is 1. The lowest BCUT2D eigenvalue weighted by Gasteiger charge is -2.45. The molecule has 2 aliphatic heterocycles. The van der Waals surface area contributed by atoms with Gasteiger partial charge in [-0.05, 0) is 51.7 Å². The first-order valence-electron chi connectivity index (χ1n) is 10.7. The van der Waals surface area contributed by atoms with E-state index in [9.17, 15) is 18.0 Å². The molecule has 1 saturated heterocycles. The highest BCUT2D eigenvalue weighted by molar-refractivity contribution is 5.97. The first-order valence-corrected chi connectivity index (χ1v) is 10.7. The van der Waals surface area contributed by atoms with Crippen LogP contribution < -0.4 is 0 Å². The summed E-state index contributed by atoms with van der Waals surface area (Å²) in [4.78, 5) is 15.6. The van der Waals surface area contributed by atoms with E-state index in [0.717, 1.165) is 48.3 Å². The summed E-state index contributed by atoms with van der Waals surface area (Å²) in [7, 11) is 3.53. The molecular formula is C23H24F3N5O. The Balaban J connectivity index is 1.61. The SMILES string of the molecule is Cc1nn(C)c(C)c1C(=O)N1[C@@H]2CCC[C@H]1c1nn(C)c(-c3cc(F)c(F)c(F)c3)c1C2. The van der Waals surface area contributed by atoms with Crippen LogP contribution in [-0.4, -0.2) is 36.4 Å². The number of fused-ring (bicyclic) bond motifs is 4. The number of piperidine rings is 1.